The van der Waals surface area contributed by atoms with Crippen LogP contribution in [0.4, 0.5) is 5.69 Å². The van der Waals surface area contributed by atoms with E-state index in [0.29, 0.717) is 21.3 Å². The zero-order chi connectivity index (χ0) is 20.3. The van der Waals surface area contributed by atoms with Crippen molar-refractivity contribution in [2.45, 2.75) is 6.42 Å². The zero-order valence-electron chi connectivity index (χ0n) is 15.9. The molecule has 1 aromatic carbocycles. The number of esters is 1. The minimum atomic E-state index is -0.396. The van der Waals surface area contributed by atoms with Gasteiger partial charge in [0.2, 0.25) is 0 Å². The van der Waals surface area contributed by atoms with Crippen LogP contribution in [-0.4, -0.2) is 51.1 Å². The minimum absolute atomic E-state index is 0.122. The molecule has 0 bridgehead atoms. The first-order valence-electron chi connectivity index (χ1n) is 8.74. The summed E-state index contributed by atoms with van der Waals surface area (Å²) in [4.78, 5) is 29.9. The van der Waals surface area contributed by atoms with Crippen LogP contribution in [0, 0.1) is 0 Å². The number of rotatable bonds is 7. The maximum Gasteiger partial charge on any atom is 0.348 e. The normalized spacial score (nSPS) is 11.2. The van der Waals surface area contributed by atoms with Gasteiger partial charge in [-0.2, -0.15) is 0 Å². The minimum Gasteiger partial charge on any atom is -0.465 e. The number of benzene rings is 1. The Kier molecular flexibility index (Phi) is 6.72. The van der Waals surface area contributed by atoms with Gasteiger partial charge in [0.15, 0.2) is 0 Å². The van der Waals surface area contributed by atoms with Gasteiger partial charge in [0.25, 0.3) is 5.91 Å². The van der Waals surface area contributed by atoms with Crippen molar-refractivity contribution < 1.29 is 14.3 Å². The van der Waals surface area contributed by atoms with Crippen LogP contribution in [0.1, 0.15) is 25.8 Å². The fraction of sp³-hybridized carbons (Fsp3) is 0.300. The van der Waals surface area contributed by atoms with Crippen molar-refractivity contribution in [2.75, 3.05) is 39.2 Å². The van der Waals surface area contributed by atoms with Gasteiger partial charge in [0.05, 0.1) is 16.1 Å². The number of nitrogens with zero attached hydrogens (tertiary/aromatic N) is 2. The zero-order valence-corrected chi connectivity index (χ0v) is 18.3. The van der Waals surface area contributed by atoms with E-state index in [4.69, 9.17) is 16.3 Å². The molecule has 2 heterocycles. The standard InChI is InChI=1S/C20H21ClN2O3S2/c1-22(2)10-7-11-23(13-8-5-4-6-9-13)18(24)17-16(21)14-12-15(19(25)26-3)27-20(14)28-17/h4-6,8-9,12H,7,10-11H2,1-3H3. The summed E-state index contributed by atoms with van der Waals surface area (Å²) in [5.41, 5.74) is 0.842. The molecule has 28 heavy (non-hydrogen) atoms. The third-order valence-electron chi connectivity index (χ3n) is 4.21. The number of carbonyl (C=O) groups is 2. The van der Waals surface area contributed by atoms with Gasteiger partial charge < -0.3 is 14.5 Å². The molecule has 148 valence electrons. The van der Waals surface area contributed by atoms with Crippen molar-refractivity contribution in [1.82, 2.24) is 4.90 Å². The number of ether oxygens (including phenoxy) is 1. The smallest absolute Gasteiger partial charge is 0.348 e. The van der Waals surface area contributed by atoms with Crippen molar-refractivity contribution in [2.24, 2.45) is 0 Å². The monoisotopic (exact) mass is 436 g/mol. The number of anilines is 1. The summed E-state index contributed by atoms with van der Waals surface area (Å²) in [6, 6.07) is 11.3. The second-order valence-corrected chi connectivity index (χ2v) is 9.21. The number of fused-ring (bicyclic) bond motifs is 1. The van der Waals surface area contributed by atoms with Gasteiger partial charge in [-0.3, -0.25) is 4.79 Å². The number of hydrogen-bond donors (Lipinski definition) is 0. The van der Waals surface area contributed by atoms with Crippen LogP contribution >= 0.6 is 34.3 Å². The van der Waals surface area contributed by atoms with E-state index in [2.05, 4.69) is 4.90 Å². The summed E-state index contributed by atoms with van der Waals surface area (Å²) in [5.74, 6) is -0.519. The molecule has 0 aliphatic rings. The van der Waals surface area contributed by atoms with E-state index in [1.165, 1.54) is 29.8 Å². The highest BCUT2D eigenvalue weighted by atomic mass is 35.5. The predicted octanol–water partition coefficient (Wildman–Crippen LogP) is 5.00. The molecule has 0 atom stereocenters. The van der Waals surface area contributed by atoms with E-state index in [1.807, 2.05) is 44.4 Å². The van der Waals surface area contributed by atoms with Crippen LogP contribution in [0.5, 0.6) is 0 Å². The van der Waals surface area contributed by atoms with Crippen LogP contribution < -0.4 is 4.90 Å². The van der Waals surface area contributed by atoms with E-state index >= 15 is 0 Å². The van der Waals surface area contributed by atoms with Gasteiger partial charge in [0, 0.05) is 17.6 Å². The molecule has 0 spiro atoms. The molecule has 8 heteroatoms. The molecule has 0 aliphatic heterocycles. The van der Waals surface area contributed by atoms with Gasteiger partial charge in [-0.05, 0) is 45.3 Å². The largest absolute Gasteiger partial charge is 0.465 e. The van der Waals surface area contributed by atoms with Crippen LogP contribution in [0.25, 0.3) is 9.40 Å². The molecular formula is C20H21ClN2O3S2. The number of hydrogen-bond acceptors (Lipinski definition) is 6. The first-order chi connectivity index (χ1) is 13.4. The van der Waals surface area contributed by atoms with Crippen molar-refractivity contribution in [3.05, 3.63) is 51.2 Å². The van der Waals surface area contributed by atoms with Gasteiger partial charge >= 0.3 is 5.97 Å². The molecule has 0 radical (unpaired) electrons. The Hall–Kier alpha value is -1.93. The van der Waals surface area contributed by atoms with E-state index in [0.717, 1.165) is 28.1 Å². The Morgan fingerprint density at radius 3 is 2.43 bits per heavy atom. The molecule has 3 aromatic rings. The molecule has 0 N–H and O–H groups in total. The summed E-state index contributed by atoms with van der Waals surface area (Å²) >= 11 is 9.15. The number of para-hydroxylation sites is 1. The summed E-state index contributed by atoms with van der Waals surface area (Å²) in [5, 5.41) is 1.12. The Bertz CT molecular complexity index is 982. The van der Waals surface area contributed by atoms with E-state index in [9.17, 15) is 9.59 Å². The Morgan fingerprint density at radius 1 is 1.11 bits per heavy atom. The Labute approximate surface area is 177 Å². The van der Waals surface area contributed by atoms with Crippen LogP contribution in [0.3, 0.4) is 0 Å². The quantitative estimate of drug-likeness (QED) is 0.489. The fourth-order valence-electron chi connectivity index (χ4n) is 2.83. The van der Waals surface area contributed by atoms with Crippen molar-refractivity contribution in [3.8, 4) is 0 Å². The lowest BCUT2D eigenvalue weighted by molar-refractivity contribution is 0.0606. The topological polar surface area (TPSA) is 49.9 Å². The summed E-state index contributed by atoms with van der Waals surface area (Å²) < 4.78 is 5.61. The maximum atomic E-state index is 13.3. The molecule has 3 rings (SSSR count). The molecule has 0 unspecified atom stereocenters. The first kappa shape index (κ1) is 20.8. The predicted molar refractivity (Wildman–Crippen MR) is 117 cm³/mol. The van der Waals surface area contributed by atoms with Crippen molar-refractivity contribution in [3.63, 3.8) is 0 Å². The number of carbonyl (C=O) groups excluding carboxylic acids is 2. The molecular weight excluding hydrogens is 416 g/mol. The molecule has 0 saturated heterocycles. The number of amides is 1. The van der Waals surface area contributed by atoms with Gasteiger partial charge in [-0.1, -0.05) is 29.8 Å². The summed E-state index contributed by atoms with van der Waals surface area (Å²) in [6.07, 6.45) is 0.845. The van der Waals surface area contributed by atoms with Crippen molar-refractivity contribution >= 4 is 61.2 Å². The van der Waals surface area contributed by atoms with Crippen LogP contribution in [0.15, 0.2) is 36.4 Å². The first-order valence-corrected chi connectivity index (χ1v) is 10.7. The highest BCUT2D eigenvalue weighted by Gasteiger charge is 2.25. The third-order valence-corrected chi connectivity index (χ3v) is 7.11. The number of halogens is 1. The average Bonchev–Trinajstić information content (AvgIpc) is 3.24. The SMILES string of the molecule is COC(=O)c1cc2c(Cl)c(C(=O)N(CCCN(C)C)c3ccccc3)sc2s1. The molecule has 1 amide bonds. The maximum absolute atomic E-state index is 13.3. The van der Waals surface area contributed by atoms with Gasteiger partial charge in [0.1, 0.15) is 9.75 Å². The highest BCUT2D eigenvalue weighted by molar-refractivity contribution is 7.40. The van der Waals surface area contributed by atoms with E-state index < -0.39 is 5.97 Å². The molecule has 0 saturated carbocycles. The summed E-state index contributed by atoms with van der Waals surface area (Å²) in [7, 11) is 5.37. The molecule has 0 fully saturated rings. The van der Waals surface area contributed by atoms with Crippen molar-refractivity contribution in [1.29, 1.82) is 0 Å². The van der Waals surface area contributed by atoms with Gasteiger partial charge in [-0.25, -0.2) is 4.79 Å². The summed E-state index contributed by atoms with van der Waals surface area (Å²) in [6.45, 7) is 1.47. The second-order valence-electron chi connectivity index (χ2n) is 6.50. The third kappa shape index (κ3) is 4.38. The van der Waals surface area contributed by atoms with Crippen LogP contribution in [0.2, 0.25) is 5.02 Å². The number of methoxy groups -OCH3 is 1. The van der Waals surface area contributed by atoms with Gasteiger partial charge in [-0.15, -0.1) is 22.7 Å². The molecule has 0 aliphatic carbocycles. The molecule has 2 aromatic heterocycles. The lowest BCUT2D eigenvalue weighted by Gasteiger charge is -2.23. The van der Waals surface area contributed by atoms with Crippen LogP contribution in [-0.2, 0) is 4.74 Å². The lowest BCUT2D eigenvalue weighted by Crippen LogP contribution is -2.33. The molecule has 5 nitrogen and oxygen atoms in total. The van der Waals surface area contributed by atoms with E-state index in [-0.39, 0.29) is 5.91 Å². The Morgan fingerprint density at radius 2 is 1.82 bits per heavy atom. The Balaban J connectivity index is 1.92. The average molecular weight is 437 g/mol. The number of thiophene rings is 2. The lowest BCUT2D eigenvalue weighted by atomic mass is 10.2. The van der Waals surface area contributed by atoms with E-state index in [1.54, 1.807) is 11.0 Å². The highest BCUT2D eigenvalue weighted by Crippen LogP contribution is 2.41. The fourth-order valence-corrected chi connectivity index (χ4v) is 5.64. The second kappa shape index (κ2) is 9.05.